The number of sulfonamides is 1. The first-order chi connectivity index (χ1) is 35.2. The van der Waals surface area contributed by atoms with Crippen LogP contribution in [0.1, 0.15) is 257 Å². The van der Waals surface area contributed by atoms with E-state index in [1.165, 1.54) is 148 Å². The van der Waals surface area contributed by atoms with Crippen molar-refractivity contribution >= 4 is 20.1 Å². The Hall–Kier alpha value is -1.37. The lowest BCUT2D eigenvalue weighted by Crippen LogP contribution is -2.75. The van der Waals surface area contributed by atoms with E-state index in [2.05, 4.69) is 0 Å². The van der Waals surface area contributed by atoms with Gasteiger partial charge in [-0.1, -0.05) is 238 Å². The van der Waals surface area contributed by atoms with Gasteiger partial charge in [0, 0.05) is 13.1 Å². The second-order valence-electron chi connectivity index (χ2n) is 20.6. The number of hydrogen-bond acceptors (Lipinski definition) is 4. The predicted molar refractivity (Wildman–Crippen MR) is 263 cm³/mol. The second-order valence-corrected chi connectivity index (χ2v) is 24.1. The van der Waals surface area contributed by atoms with Gasteiger partial charge in [0.15, 0.2) is 0 Å². The van der Waals surface area contributed by atoms with Crippen LogP contribution in [0, 0.1) is 0 Å². The van der Waals surface area contributed by atoms with Crippen molar-refractivity contribution in [3.63, 3.8) is 0 Å². The van der Waals surface area contributed by atoms with Gasteiger partial charge in [0.1, 0.15) is 0 Å². The average Bonchev–Trinajstić information content (AvgIpc) is 3.31. The Balaban J connectivity index is 4.07. The first-order valence-electron chi connectivity index (χ1n) is 27.8. The number of halogens is 17. The third-order valence-electron chi connectivity index (χ3n) is 13.9. The summed E-state index contributed by atoms with van der Waals surface area (Å²) in [6.07, 6.45) is 32.2. The molecule has 0 aliphatic carbocycles. The van der Waals surface area contributed by atoms with Crippen LogP contribution in [0.4, 0.5) is 74.6 Å². The molecule has 0 aliphatic rings. The van der Waals surface area contributed by atoms with Gasteiger partial charge in [0.2, 0.25) is 0 Å². The molecule has 0 radical (unpaired) electrons. The smallest absolute Gasteiger partial charge is 0.286 e. The Morgan fingerprint density at radius 1 is 0.289 bits per heavy atom. The van der Waals surface area contributed by atoms with Crippen LogP contribution in [-0.4, -0.2) is 91.5 Å². The zero-order chi connectivity index (χ0) is 58.3. The minimum Gasteiger partial charge on any atom is -0.286 e. The zero-order valence-corrected chi connectivity index (χ0v) is 46.1. The van der Waals surface area contributed by atoms with Gasteiger partial charge in [-0.3, -0.25) is 4.55 Å². The Morgan fingerprint density at radius 2 is 0.487 bits per heavy atom. The van der Waals surface area contributed by atoms with E-state index in [4.69, 9.17) is 4.55 Å². The first-order valence-corrected chi connectivity index (χ1v) is 30.9. The molecule has 0 heterocycles. The van der Waals surface area contributed by atoms with Crippen molar-refractivity contribution in [2.45, 2.75) is 304 Å². The van der Waals surface area contributed by atoms with Gasteiger partial charge in [-0.25, -0.2) is 8.42 Å². The van der Waals surface area contributed by atoms with E-state index in [-0.39, 0.29) is 18.6 Å². The normalized spacial score (nSPS) is 14.2. The molecule has 0 spiro atoms. The van der Waals surface area contributed by atoms with Crippen LogP contribution in [0.2, 0.25) is 0 Å². The summed E-state index contributed by atoms with van der Waals surface area (Å²) < 4.78 is 288. The fourth-order valence-corrected chi connectivity index (χ4v) is 11.1. The number of unbranched alkanes of at least 4 members (excludes halogenated alkanes) is 37. The fraction of sp³-hybridized carbons (Fsp3) is 1.00. The monoisotopic (exact) mass is 1180 g/mol. The van der Waals surface area contributed by atoms with Crippen molar-refractivity contribution in [1.82, 2.24) is 4.31 Å². The van der Waals surface area contributed by atoms with Gasteiger partial charge >= 0.3 is 47.0 Å². The highest BCUT2D eigenvalue weighted by Gasteiger charge is 2.96. The molecule has 25 heteroatoms. The number of nitrogens with zero attached hydrogens (tertiary/aromatic N) is 1. The Kier molecular flexibility index (Phi) is 35.5. The van der Waals surface area contributed by atoms with E-state index in [0.717, 1.165) is 64.7 Å². The molecule has 0 saturated carbocycles. The summed E-state index contributed by atoms with van der Waals surface area (Å²) in [6.45, 7) is -1.18. The SMILES string of the molecule is CCCN(CCCCCCCCCCCCCCCCCCCCCCCCCCCCCCCCCCCCCCCCS(=O)(=O)O)S(=O)(=O)C(F)(F)C(F)(F)C(F)(F)C(F)(F)C(F)(F)C(F)(F)C(F)(F)C(F)(F)F. The maximum absolute atomic E-state index is 14.8. The number of hydrogen-bond donors (Lipinski definition) is 1. The third-order valence-corrected chi connectivity index (χ3v) is 16.6. The minimum atomic E-state index is -8.84. The summed E-state index contributed by atoms with van der Waals surface area (Å²) in [5.74, 6) is -51.7. The van der Waals surface area contributed by atoms with Crippen molar-refractivity contribution in [2.24, 2.45) is 0 Å². The fourth-order valence-electron chi connectivity index (χ4n) is 9.01. The molecule has 0 unspecified atom stereocenters. The Labute approximate surface area is 442 Å². The molecule has 0 aromatic rings. The van der Waals surface area contributed by atoms with E-state index in [9.17, 15) is 91.5 Å². The number of rotatable bonds is 51. The van der Waals surface area contributed by atoms with Crippen molar-refractivity contribution in [1.29, 1.82) is 0 Å². The van der Waals surface area contributed by atoms with Gasteiger partial charge in [-0.05, 0) is 19.3 Å². The molecule has 458 valence electrons. The second kappa shape index (κ2) is 36.2. The van der Waals surface area contributed by atoms with Crippen molar-refractivity contribution in [2.75, 3.05) is 18.8 Å². The van der Waals surface area contributed by atoms with E-state index in [1.54, 1.807) is 0 Å². The van der Waals surface area contributed by atoms with Crippen molar-refractivity contribution in [3.05, 3.63) is 0 Å². The zero-order valence-electron chi connectivity index (χ0n) is 44.5. The van der Waals surface area contributed by atoms with Gasteiger partial charge < -0.3 is 0 Å². The van der Waals surface area contributed by atoms with E-state index in [1.807, 2.05) is 0 Å². The first kappa shape index (κ1) is 74.6. The summed E-state index contributed by atoms with van der Waals surface area (Å²) in [4.78, 5) is 0. The van der Waals surface area contributed by atoms with Crippen LogP contribution in [0.3, 0.4) is 0 Å². The van der Waals surface area contributed by atoms with Crippen LogP contribution in [0.25, 0.3) is 0 Å². The van der Waals surface area contributed by atoms with Crippen LogP contribution >= 0.6 is 0 Å². The molecule has 0 fully saturated rings. The van der Waals surface area contributed by atoms with Gasteiger partial charge in [0.25, 0.3) is 20.1 Å². The maximum Gasteiger partial charge on any atom is 0.460 e. The molecule has 0 saturated heterocycles. The van der Waals surface area contributed by atoms with Crippen LogP contribution in [0.5, 0.6) is 0 Å². The highest BCUT2D eigenvalue weighted by atomic mass is 32.2. The molecule has 0 aliphatic heterocycles. The van der Waals surface area contributed by atoms with Crippen molar-refractivity contribution < 1.29 is 96.0 Å². The molecule has 76 heavy (non-hydrogen) atoms. The highest BCUT2D eigenvalue weighted by Crippen LogP contribution is 2.64. The largest absolute Gasteiger partial charge is 0.460 e. The molecule has 0 rings (SSSR count). The summed E-state index contributed by atoms with van der Waals surface area (Å²) in [7, 11) is -11.1. The predicted octanol–water partition coefficient (Wildman–Crippen LogP) is 19.7. The summed E-state index contributed by atoms with van der Waals surface area (Å²) in [5, 5.41) is -7.52. The highest BCUT2D eigenvalue weighted by molar-refractivity contribution is 7.90. The quantitative estimate of drug-likeness (QED) is 0.0372. The standard InChI is InChI=1S/C51H88F17NO5S2/c1-2-41-69(76(73,74)51(67,68)49(62,63)47(58,59)45(54,55)44(52,53)46(56,57)48(60,61)50(64,65)66)42-39-37-35-33-31-29-27-25-23-21-19-17-15-13-11-9-7-5-3-4-6-8-10-12-14-16-18-20-22-24-26-28-30-32-34-36-38-40-43-75(70,71)72/h2-43H2,1H3,(H,70,71,72). The third kappa shape index (κ3) is 24.4. The van der Waals surface area contributed by atoms with Gasteiger partial charge in [0.05, 0.1) is 5.75 Å². The molecule has 0 bridgehead atoms. The van der Waals surface area contributed by atoms with E-state index < -0.39 is 90.9 Å². The maximum atomic E-state index is 14.8. The molecule has 0 amide bonds. The van der Waals surface area contributed by atoms with Gasteiger partial charge in [-0.2, -0.15) is 87.4 Å². The topological polar surface area (TPSA) is 91.8 Å². The molecule has 6 nitrogen and oxygen atoms in total. The summed E-state index contributed by atoms with van der Waals surface area (Å²) >= 11 is 0. The van der Waals surface area contributed by atoms with Crippen LogP contribution in [0.15, 0.2) is 0 Å². The Bertz CT molecular complexity index is 1720. The van der Waals surface area contributed by atoms with E-state index >= 15 is 0 Å². The lowest BCUT2D eigenvalue weighted by molar-refractivity contribution is -0.458. The van der Waals surface area contributed by atoms with Gasteiger partial charge in [-0.15, -0.1) is 0 Å². The van der Waals surface area contributed by atoms with Crippen LogP contribution in [-0.2, 0) is 20.1 Å². The molecular weight excluding hydrogens is 1090 g/mol. The van der Waals surface area contributed by atoms with Crippen LogP contribution < -0.4 is 0 Å². The number of alkyl halides is 17. The average molecular weight is 1180 g/mol. The lowest BCUT2D eigenvalue weighted by Gasteiger charge is -2.43. The molecule has 1 N–H and O–H groups in total. The molecular formula is C51H88F17NO5S2. The lowest BCUT2D eigenvalue weighted by atomic mass is 9.91. The summed E-state index contributed by atoms with van der Waals surface area (Å²) in [6, 6.07) is 0. The van der Waals surface area contributed by atoms with Crippen molar-refractivity contribution in [3.8, 4) is 0 Å². The minimum absolute atomic E-state index is 0.0608. The molecule has 0 aromatic carbocycles. The molecule has 0 atom stereocenters. The molecule has 0 aromatic heterocycles. The summed E-state index contributed by atoms with van der Waals surface area (Å²) in [5.41, 5.74) is 0. The Morgan fingerprint density at radius 3 is 0.697 bits per heavy atom. The van der Waals surface area contributed by atoms with E-state index in [0.29, 0.717) is 25.7 Å².